The Labute approximate surface area is 316 Å². The van der Waals surface area contributed by atoms with Gasteiger partial charge < -0.3 is 9.88 Å². The lowest BCUT2D eigenvalue weighted by Crippen LogP contribution is -2.06. The first kappa shape index (κ1) is 36.3. The first-order valence-corrected chi connectivity index (χ1v) is 17.8. The number of thiol groups is 1. The summed E-state index contributed by atoms with van der Waals surface area (Å²) in [5.41, 5.74) is 7.59. The summed E-state index contributed by atoms with van der Waals surface area (Å²) in [4.78, 5) is 14.3. The first-order chi connectivity index (χ1) is 26.1. The van der Waals surface area contributed by atoms with Gasteiger partial charge in [0, 0.05) is 40.2 Å². The summed E-state index contributed by atoms with van der Waals surface area (Å²) in [5.74, 6) is 0.985. The first-order valence-electron chi connectivity index (χ1n) is 17.3. The molecule has 1 N–H and O–H groups in total. The smallest absolute Gasteiger partial charge is 0.161 e. The van der Waals surface area contributed by atoms with Crippen LogP contribution >= 0.6 is 12.6 Å². The summed E-state index contributed by atoms with van der Waals surface area (Å²) >= 11 is 4.61. The second-order valence-electron chi connectivity index (χ2n) is 12.0. The summed E-state index contributed by atoms with van der Waals surface area (Å²) in [6.45, 7) is 10.5. The molecular weight excluding hydrogens is 667 g/mol. The van der Waals surface area contributed by atoms with E-state index in [1.165, 1.54) is 0 Å². The highest BCUT2D eigenvalue weighted by atomic mass is 32.1. The molecule has 0 bridgehead atoms. The van der Waals surface area contributed by atoms with E-state index in [-0.39, 0.29) is 0 Å². The van der Waals surface area contributed by atoms with Gasteiger partial charge in [0.15, 0.2) is 11.7 Å². The lowest BCUT2D eigenvalue weighted by molar-refractivity contribution is 1.22. The van der Waals surface area contributed by atoms with Crippen LogP contribution in [-0.4, -0.2) is 30.0 Å². The number of nitrogens with zero attached hydrogens (tertiary/aromatic N) is 4. The number of hydrogen-bond acceptors (Lipinski definition) is 3. The van der Waals surface area contributed by atoms with Crippen molar-refractivity contribution in [3.05, 3.63) is 192 Å². The van der Waals surface area contributed by atoms with E-state index in [9.17, 15) is 0 Å². The molecule has 53 heavy (non-hydrogen) atoms. The van der Waals surface area contributed by atoms with Gasteiger partial charge in [0.1, 0.15) is 0 Å². The number of benzene rings is 4. The molecule has 0 saturated carbocycles. The van der Waals surface area contributed by atoms with Crippen LogP contribution in [0, 0.1) is 0 Å². The maximum Gasteiger partial charge on any atom is 0.161 e. The van der Waals surface area contributed by atoms with Crippen LogP contribution in [-0.2, 0) is 0 Å². The van der Waals surface area contributed by atoms with E-state index in [1.807, 2.05) is 117 Å². The van der Waals surface area contributed by atoms with Gasteiger partial charge in [-0.1, -0.05) is 146 Å². The number of hydrogen-bond donors (Lipinski definition) is 2. The molecule has 0 saturated heterocycles. The normalized spacial score (nSPS) is 12.9. The van der Waals surface area contributed by atoms with Gasteiger partial charge >= 0.3 is 0 Å². The third kappa shape index (κ3) is 8.36. The zero-order chi connectivity index (χ0) is 37.0. The van der Waals surface area contributed by atoms with Gasteiger partial charge in [0.05, 0.1) is 22.9 Å². The van der Waals surface area contributed by atoms with E-state index >= 15 is 0 Å². The van der Waals surface area contributed by atoms with Crippen molar-refractivity contribution in [1.29, 1.82) is 0 Å². The van der Waals surface area contributed by atoms with Crippen molar-refractivity contribution in [3.8, 4) is 11.1 Å². The Hall–Kier alpha value is -6.50. The predicted octanol–water partition coefficient (Wildman–Crippen LogP) is 10.2. The molecule has 5 aromatic carbocycles. The van der Waals surface area contributed by atoms with Crippen LogP contribution in [0.2, 0.25) is 0 Å². The Morgan fingerprint density at radius 1 is 0.736 bits per heavy atom. The Kier molecular flexibility index (Phi) is 12.1. The molecule has 0 aliphatic rings. The molecule has 0 spiro atoms. The molecule has 0 aliphatic heterocycles. The van der Waals surface area contributed by atoms with Crippen LogP contribution < -0.4 is 15.8 Å². The molecule has 0 aliphatic carbocycles. The summed E-state index contributed by atoms with van der Waals surface area (Å²) in [6.07, 6.45) is 9.93. The van der Waals surface area contributed by atoms with Crippen molar-refractivity contribution < 1.29 is 0 Å². The molecule has 0 unspecified atom stereocenters. The largest absolute Gasteiger partial charge is 0.388 e. The number of anilines is 1. The quantitative estimate of drug-likeness (QED) is 0.0704. The maximum absolute atomic E-state index is 5.08. The van der Waals surface area contributed by atoms with E-state index in [0.29, 0.717) is 11.7 Å². The van der Waals surface area contributed by atoms with Crippen LogP contribution in [0.15, 0.2) is 185 Å². The SMILES string of the molecule is C=N\C(=N/C(=N\C=C(/C=C\C=C\C)n1c2ccccc2c2cc/c(=C\S)cc(-c3ccccc3NC)ccc(=C)c21)c1ccccc1)c1ccccc1. The van der Waals surface area contributed by atoms with Gasteiger partial charge in [0.25, 0.3) is 0 Å². The van der Waals surface area contributed by atoms with E-state index in [4.69, 9.17) is 9.98 Å². The summed E-state index contributed by atoms with van der Waals surface area (Å²) in [6, 6.07) is 46.9. The number of para-hydroxylation sites is 2. The standard InChI is InChI=1S/C47H41N5S/c1-5-6-9-22-39(32-50-47(37-20-12-8-13-21-37)51-46(49-4)36-18-10-7-11-19-36)52-44-26-17-15-24-41(44)42-30-28-35(33-53)31-38(29-27-34(2)45(42)52)40-23-14-16-25-43(40)48-3/h5-33,48,53H,2,4H2,1,3H3/b6-5+,22-9-,29-27?,30-28?,35-33+,38-31?,39-32+,50-47-,51-46-. The van der Waals surface area contributed by atoms with Crippen LogP contribution in [0.5, 0.6) is 0 Å². The van der Waals surface area contributed by atoms with Crippen molar-refractivity contribution in [2.24, 2.45) is 15.0 Å². The summed E-state index contributed by atoms with van der Waals surface area (Å²) in [7, 11) is 1.94. The number of nitrogens with one attached hydrogen (secondary N) is 1. The van der Waals surface area contributed by atoms with E-state index in [2.05, 4.69) is 114 Å². The van der Waals surface area contributed by atoms with Crippen LogP contribution in [0.4, 0.5) is 5.69 Å². The van der Waals surface area contributed by atoms with Crippen LogP contribution in [0.1, 0.15) is 18.1 Å². The van der Waals surface area contributed by atoms with Gasteiger partial charge in [-0.15, -0.1) is 0 Å². The number of aromatic nitrogens is 1. The Balaban J connectivity index is 1.70. The number of aliphatic imine (C=N–C) groups is 3. The van der Waals surface area contributed by atoms with Crippen LogP contribution in [0.25, 0.3) is 50.6 Å². The van der Waals surface area contributed by atoms with Crippen molar-refractivity contribution in [2.45, 2.75) is 6.92 Å². The molecule has 0 fully saturated rings. The van der Waals surface area contributed by atoms with Gasteiger partial charge in [0.2, 0.25) is 0 Å². The van der Waals surface area contributed by atoms with Crippen molar-refractivity contribution >= 4 is 76.2 Å². The molecule has 6 rings (SSSR count). The minimum atomic E-state index is 0.483. The lowest BCUT2D eigenvalue weighted by Gasteiger charge is -2.10. The molecule has 6 heteroatoms. The highest BCUT2D eigenvalue weighted by Crippen LogP contribution is 2.30. The minimum Gasteiger partial charge on any atom is -0.388 e. The number of allylic oxidation sites excluding steroid dienone is 5. The Morgan fingerprint density at radius 2 is 1.42 bits per heavy atom. The molecule has 260 valence electrons. The Morgan fingerprint density at radius 3 is 2.11 bits per heavy atom. The fourth-order valence-corrected chi connectivity index (χ4v) is 6.31. The predicted molar refractivity (Wildman–Crippen MR) is 234 cm³/mol. The van der Waals surface area contributed by atoms with Gasteiger partial charge in [-0.2, -0.15) is 12.6 Å². The molecule has 1 heterocycles. The topological polar surface area (TPSA) is 54.0 Å². The molecular formula is C47H41N5S. The lowest BCUT2D eigenvalue weighted by atomic mass is 10.0. The zero-order valence-electron chi connectivity index (χ0n) is 29.9. The second-order valence-corrected chi connectivity index (χ2v) is 12.3. The van der Waals surface area contributed by atoms with Crippen molar-refractivity contribution in [3.63, 3.8) is 0 Å². The molecule has 0 amide bonds. The number of fused-ring (bicyclic) bond motifs is 3. The third-order valence-corrected chi connectivity index (χ3v) is 8.97. The van der Waals surface area contributed by atoms with Crippen LogP contribution in [0.3, 0.4) is 0 Å². The zero-order valence-corrected chi connectivity index (χ0v) is 30.8. The van der Waals surface area contributed by atoms with Crippen molar-refractivity contribution in [1.82, 2.24) is 4.57 Å². The highest BCUT2D eigenvalue weighted by molar-refractivity contribution is 7.88. The molecule has 0 radical (unpaired) electrons. The van der Waals surface area contributed by atoms with E-state index < -0.39 is 0 Å². The Bertz CT molecular complexity index is 2590. The summed E-state index contributed by atoms with van der Waals surface area (Å²) in [5, 5.41) is 9.07. The van der Waals surface area contributed by atoms with Crippen molar-refractivity contribution in [2.75, 3.05) is 12.4 Å². The molecule has 0 atom stereocenters. The summed E-state index contributed by atoms with van der Waals surface area (Å²) < 4.78 is 2.22. The number of rotatable bonds is 8. The van der Waals surface area contributed by atoms with Gasteiger partial charge in [-0.05, 0) is 59.3 Å². The molecule has 1 aromatic heterocycles. The fraction of sp³-hybridized carbons (Fsp3) is 0.0426. The minimum absolute atomic E-state index is 0.483. The fourth-order valence-electron chi connectivity index (χ4n) is 6.15. The second kappa shape index (κ2) is 17.6. The van der Waals surface area contributed by atoms with E-state index in [1.54, 1.807) is 0 Å². The van der Waals surface area contributed by atoms with Gasteiger partial charge in [-0.25, -0.2) is 15.0 Å². The molecule has 5 nitrogen and oxygen atoms in total. The van der Waals surface area contributed by atoms with E-state index in [0.717, 1.165) is 65.9 Å². The average Bonchev–Trinajstić information content (AvgIpc) is 3.54. The average molecular weight is 708 g/mol. The number of amidine groups is 2. The molecule has 6 aromatic rings. The maximum atomic E-state index is 5.08. The highest BCUT2D eigenvalue weighted by Gasteiger charge is 2.13. The third-order valence-electron chi connectivity index (χ3n) is 8.68. The monoisotopic (exact) mass is 707 g/mol. The van der Waals surface area contributed by atoms with Gasteiger partial charge in [-0.3, -0.25) is 0 Å².